The van der Waals surface area contributed by atoms with Crippen LogP contribution in [0.3, 0.4) is 0 Å². The summed E-state index contributed by atoms with van der Waals surface area (Å²) in [5.41, 5.74) is 6.64. The average Bonchev–Trinajstić information content (AvgIpc) is 3.59. The van der Waals surface area contributed by atoms with Gasteiger partial charge in [-0.2, -0.15) is 5.10 Å². The van der Waals surface area contributed by atoms with Crippen molar-refractivity contribution in [2.75, 3.05) is 42.9 Å². The molecule has 3 aromatic rings. The monoisotopic (exact) mass is 477 g/mol. The standard InChI is InChI=1S/C27H32ClN5O/c1-4-31-11-13-32(14-12-31)21-9-10-25(19(3)15-21)30-27(34)23-17-29-33(26(23)20-6-7-20)22-8-5-18(2)24(28)16-22/h5,8-10,15-17,20H,4,6-7,11-14H2,1-3H3,(H,30,34). The van der Waals surface area contributed by atoms with E-state index in [9.17, 15) is 4.79 Å². The van der Waals surface area contributed by atoms with Gasteiger partial charge in [-0.1, -0.05) is 24.6 Å². The summed E-state index contributed by atoms with van der Waals surface area (Å²) in [6.07, 6.45) is 3.84. The smallest absolute Gasteiger partial charge is 0.259 e. The highest BCUT2D eigenvalue weighted by atomic mass is 35.5. The first-order valence-corrected chi connectivity index (χ1v) is 12.6. The fraction of sp³-hybridized carbons (Fsp3) is 0.407. The van der Waals surface area contributed by atoms with Gasteiger partial charge in [0.05, 0.1) is 23.1 Å². The topological polar surface area (TPSA) is 53.4 Å². The maximum Gasteiger partial charge on any atom is 0.259 e. The lowest BCUT2D eigenvalue weighted by atomic mass is 10.1. The predicted molar refractivity (Wildman–Crippen MR) is 139 cm³/mol. The van der Waals surface area contributed by atoms with E-state index < -0.39 is 0 Å². The molecule has 0 bridgehead atoms. The Labute approximate surface area is 206 Å². The van der Waals surface area contributed by atoms with Gasteiger partial charge in [0.2, 0.25) is 0 Å². The first-order chi connectivity index (χ1) is 16.4. The van der Waals surface area contributed by atoms with Crippen LogP contribution in [0.15, 0.2) is 42.6 Å². The molecule has 1 amide bonds. The summed E-state index contributed by atoms with van der Waals surface area (Å²) in [7, 11) is 0. The normalized spacial score (nSPS) is 16.6. The second kappa shape index (κ2) is 9.43. The van der Waals surface area contributed by atoms with E-state index in [1.165, 1.54) is 5.69 Å². The van der Waals surface area contributed by atoms with Crippen molar-refractivity contribution in [1.82, 2.24) is 14.7 Å². The third-order valence-corrected chi connectivity index (χ3v) is 7.47. The maximum atomic E-state index is 13.3. The molecule has 34 heavy (non-hydrogen) atoms. The van der Waals surface area contributed by atoms with Crippen molar-refractivity contribution in [2.24, 2.45) is 0 Å². The number of carbonyl (C=O) groups excluding carboxylic acids is 1. The number of aromatic nitrogens is 2. The number of rotatable bonds is 6. The van der Waals surface area contributed by atoms with Gasteiger partial charge in [0.1, 0.15) is 0 Å². The van der Waals surface area contributed by atoms with Crippen LogP contribution in [0.5, 0.6) is 0 Å². The van der Waals surface area contributed by atoms with Crippen LogP contribution in [0.25, 0.3) is 5.69 Å². The molecule has 6 nitrogen and oxygen atoms in total. The maximum absolute atomic E-state index is 13.3. The molecule has 7 heteroatoms. The zero-order valence-electron chi connectivity index (χ0n) is 20.1. The third kappa shape index (κ3) is 4.57. The zero-order chi connectivity index (χ0) is 23.8. The summed E-state index contributed by atoms with van der Waals surface area (Å²) in [6, 6.07) is 12.2. The van der Waals surface area contributed by atoms with Crippen molar-refractivity contribution in [2.45, 2.75) is 39.5 Å². The molecule has 2 aliphatic rings. The number of likely N-dealkylation sites (N-methyl/N-ethyl adjacent to an activating group) is 1. The van der Waals surface area contributed by atoms with Crippen molar-refractivity contribution in [1.29, 1.82) is 0 Å². The molecule has 0 atom stereocenters. The molecular formula is C27H32ClN5O. The van der Waals surface area contributed by atoms with E-state index in [0.29, 0.717) is 16.5 Å². The number of carbonyl (C=O) groups is 1. The van der Waals surface area contributed by atoms with Crippen LogP contribution in [0.4, 0.5) is 11.4 Å². The minimum Gasteiger partial charge on any atom is -0.369 e. The minimum absolute atomic E-state index is 0.112. The minimum atomic E-state index is -0.112. The number of halogens is 1. The molecule has 5 rings (SSSR count). The van der Waals surface area contributed by atoms with Crippen molar-refractivity contribution in [3.63, 3.8) is 0 Å². The number of aryl methyl sites for hydroxylation is 2. The highest BCUT2D eigenvalue weighted by Gasteiger charge is 2.33. The molecule has 1 aromatic heterocycles. The Bertz CT molecular complexity index is 1210. The molecule has 2 heterocycles. The van der Waals surface area contributed by atoms with Crippen LogP contribution in [-0.2, 0) is 0 Å². The molecular weight excluding hydrogens is 446 g/mol. The highest BCUT2D eigenvalue weighted by molar-refractivity contribution is 6.31. The third-order valence-electron chi connectivity index (χ3n) is 7.06. The Morgan fingerprint density at radius 1 is 1.03 bits per heavy atom. The zero-order valence-corrected chi connectivity index (χ0v) is 20.9. The Morgan fingerprint density at radius 3 is 2.41 bits per heavy atom. The number of amides is 1. The van der Waals surface area contributed by atoms with Crippen LogP contribution in [0.1, 0.15) is 52.9 Å². The molecule has 2 aromatic carbocycles. The summed E-state index contributed by atoms with van der Waals surface area (Å²) in [5, 5.41) is 8.42. The van der Waals surface area contributed by atoms with Gasteiger partial charge in [0.25, 0.3) is 5.91 Å². The highest BCUT2D eigenvalue weighted by Crippen LogP contribution is 2.43. The SMILES string of the molecule is CCN1CCN(c2ccc(NC(=O)c3cnn(-c4ccc(C)c(Cl)c4)c3C3CC3)c(C)c2)CC1. The van der Waals surface area contributed by atoms with E-state index >= 15 is 0 Å². The number of anilines is 2. The van der Waals surface area contributed by atoms with Crippen molar-refractivity contribution < 1.29 is 4.79 Å². The van der Waals surface area contributed by atoms with E-state index in [-0.39, 0.29) is 5.91 Å². The summed E-state index contributed by atoms with van der Waals surface area (Å²) < 4.78 is 1.88. The quantitative estimate of drug-likeness (QED) is 0.515. The Hall–Kier alpha value is -2.83. The first kappa shape index (κ1) is 22.9. The molecule has 1 saturated carbocycles. The average molecular weight is 478 g/mol. The van der Waals surface area contributed by atoms with Crippen LogP contribution >= 0.6 is 11.6 Å². The van der Waals surface area contributed by atoms with E-state index in [4.69, 9.17) is 11.6 Å². The largest absolute Gasteiger partial charge is 0.369 e. The molecule has 0 unspecified atom stereocenters. The van der Waals surface area contributed by atoms with Crippen molar-refractivity contribution in [3.05, 3.63) is 70.0 Å². The second-order valence-corrected chi connectivity index (χ2v) is 9.84. The summed E-state index contributed by atoms with van der Waals surface area (Å²) in [6.45, 7) is 11.6. The van der Waals surface area contributed by atoms with Crippen molar-refractivity contribution >= 4 is 28.9 Å². The number of nitrogens with one attached hydrogen (secondary N) is 1. The Kier molecular flexibility index (Phi) is 6.36. The van der Waals surface area contributed by atoms with Crippen LogP contribution in [0, 0.1) is 13.8 Å². The summed E-state index contributed by atoms with van der Waals surface area (Å²) in [5.74, 6) is 0.243. The lowest BCUT2D eigenvalue weighted by molar-refractivity contribution is 0.102. The first-order valence-electron chi connectivity index (χ1n) is 12.2. The van der Waals surface area contributed by atoms with Crippen LogP contribution < -0.4 is 10.2 Å². The number of piperazine rings is 1. The number of hydrogen-bond donors (Lipinski definition) is 1. The van der Waals surface area contributed by atoms with E-state index in [2.05, 4.69) is 46.2 Å². The second-order valence-electron chi connectivity index (χ2n) is 9.44. The van der Waals surface area contributed by atoms with Gasteiger partial charge in [-0.15, -0.1) is 0 Å². The van der Waals surface area contributed by atoms with E-state index in [1.54, 1.807) is 6.20 Å². The number of benzene rings is 2. The van der Waals surface area contributed by atoms with Crippen molar-refractivity contribution in [3.8, 4) is 5.69 Å². The Morgan fingerprint density at radius 2 is 1.76 bits per heavy atom. The lowest BCUT2D eigenvalue weighted by Crippen LogP contribution is -2.46. The molecule has 1 aliphatic carbocycles. The van der Waals surface area contributed by atoms with Gasteiger partial charge in [0.15, 0.2) is 0 Å². The summed E-state index contributed by atoms with van der Waals surface area (Å²) >= 11 is 6.36. The molecule has 178 valence electrons. The molecule has 2 fully saturated rings. The van der Waals surface area contributed by atoms with Gasteiger partial charge < -0.3 is 15.1 Å². The van der Waals surface area contributed by atoms with Gasteiger partial charge in [-0.25, -0.2) is 4.68 Å². The van der Waals surface area contributed by atoms with Gasteiger partial charge >= 0.3 is 0 Å². The van der Waals surface area contributed by atoms with E-state index in [1.807, 2.05) is 35.9 Å². The van der Waals surface area contributed by atoms with E-state index in [0.717, 1.165) is 73.8 Å². The molecule has 1 aliphatic heterocycles. The summed E-state index contributed by atoms with van der Waals surface area (Å²) in [4.78, 5) is 18.2. The van der Waals surface area contributed by atoms with Crippen LogP contribution in [-0.4, -0.2) is 53.3 Å². The number of nitrogens with zero attached hydrogens (tertiary/aromatic N) is 4. The van der Waals surface area contributed by atoms with Gasteiger partial charge in [0, 0.05) is 48.5 Å². The Balaban J connectivity index is 1.35. The van der Waals surface area contributed by atoms with Gasteiger partial charge in [-0.3, -0.25) is 4.79 Å². The predicted octanol–water partition coefficient (Wildman–Crippen LogP) is 5.41. The molecule has 0 radical (unpaired) electrons. The van der Waals surface area contributed by atoms with Gasteiger partial charge in [-0.05, 0) is 74.7 Å². The fourth-order valence-corrected chi connectivity index (χ4v) is 4.87. The van der Waals surface area contributed by atoms with Crippen LogP contribution in [0.2, 0.25) is 5.02 Å². The molecule has 1 saturated heterocycles. The number of hydrogen-bond acceptors (Lipinski definition) is 4. The molecule has 1 N–H and O–H groups in total. The molecule has 0 spiro atoms. The fourth-order valence-electron chi connectivity index (χ4n) is 4.70. The lowest BCUT2D eigenvalue weighted by Gasteiger charge is -2.35.